The highest BCUT2D eigenvalue weighted by Crippen LogP contribution is 1.75. The van der Waals surface area contributed by atoms with Gasteiger partial charge in [0.1, 0.15) is 0 Å². The Morgan fingerprint density at radius 2 is 2.33 bits per heavy atom. The van der Waals surface area contributed by atoms with Gasteiger partial charge in [0.05, 0.1) is 0 Å². The highest BCUT2D eigenvalue weighted by Gasteiger charge is 1.87. The van der Waals surface area contributed by atoms with Crippen molar-refractivity contribution in [2.45, 2.75) is 6.92 Å². The molecule has 0 N–H and O–H groups in total. The lowest BCUT2D eigenvalue weighted by Crippen LogP contribution is -1.92. The molecule has 0 heterocycles. The second kappa shape index (κ2) is 2.59. The van der Waals surface area contributed by atoms with Crippen molar-refractivity contribution in [3.05, 3.63) is 0 Å². The quantitative estimate of drug-likeness (QED) is 0.347. The molecule has 0 aromatic carbocycles. The summed E-state index contributed by atoms with van der Waals surface area (Å²) in [6, 6.07) is 0. The van der Waals surface area contributed by atoms with Crippen molar-refractivity contribution in [3.63, 3.8) is 0 Å². The maximum atomic E-state index is 10.3. The molecule has 0 unspecified atom stereocenters. The van der Waals surface area contributed by atoms with E-state index in [-0.39, 0.29) is 0 Å². The fraction of sp³-hybridized carbons (Fsp3) is 0.500. The highest BCUT2D eigenvalue weighted by atomic mass is 19.3. The third-order valence-corrected chi connectivity index (χ3v) is 0.149. The number of carbonyl (C=O) groups is 1. The fourth-order valence-corrected chi connectivity index (χ4v) is 0.0444. The normalized spacial score (nSPS) is 7.67. The van der Waals surface area contributed by atoms with Gasteiger partial charge in [-0.3, -0.25) is 4.89 Å². The van der Waals surface area contributed by atoms with Gasteiger partial charge in [-0.25, -0.2) is 4.79 Å². The molecule has 0 bridgehead atoms. The van der Waals surface area contributed by atoms with Gasteiger partial charge >= 0.3 is 5.97 Å². The Morgan fingerprint density at radius 3 is 2.33 bits per heavy atom. The van der Waals surface area contributed by atoms with E-state index in [1.165, 1.54) is 0 Å². The number of rotatable bonds is 1. The van der Waals surface area contributed by atoms with Crippen LogP contribution in [-0.2, 0) is 14.8 Å². The third kappa shape index (κ3) is 3.36. The topological polar surface area (TPSA) is 35.5 Å². The van der Waals surface area contributed by atoms with Crippen LogP contribution in [0.4, 0.5) is 4.53 Å². The maximum absolute atomic E-state index is 10.3. The van der Waals surface area contributed by atoms with Crippen LogP contribution in [0.3, 0.4) is 0 Å². The van der Waals surface area contributed by atoms with Crippen molar-refractivity contribution < 1.29 is 19.3 Å². The molecule has 3 nitrogen and oxygen atoms in total. The molecule has 0 fully saturated rings. The first-order valence-corrected chi connectivity index (χ1v) is 1.23. The van der Waals surface area contributed by atoms with Crippen LogP contribution >= 0.6 is 0 Å². The molecular formula is C2H3FO3. The number of halogens is 1. The standard InChI is InChI=1S/C2H3FO3/c1-2(4)5-6-3/h1H3. The molecule has 0 amide bonds. The minimum atomic E-state index is -0.808. The second-order valence-electron chi connectivity index (χ2n) is 0.638. The van der Waals surface area contributed by atoms with E-state index in [1.807, 2.05) is 0 Å². The Kier molecular flexibility index (Phi) is 2.31. The average molecular weight is 94.0 g/mol. The lowest BCUT2D eigenvalue weighted by atomic mass is 10.9. The molecule has 4 heteroatoms. The summed E-state index contributed by atoms with van der Waals surface area (Å²) < 4.78 is 10.3. The highest BCUT2D eigenvalue weighted by molar-refractivity contribution is 5.65. The van der Waals surface area contributed by atoms with Gasteiger partial charge in [-0.15, -0.1) is 0 Å². The molecule has 6 heavy (non-hydrogen) atoms. The number of carbonyl (C=O) groups excluding carboxylic acids is 1. The summed E-state index contributed by atoms with van der Waals surface area (Å²) in [7, 11) is 0. The van der Waals surface area contributed by atoms with Crippen molar-refractivity contribution in [2.75, 3.05) is 0 Å². The monoisotopic (exact) mass is 94.0 g/mol. The summed E-state index contributed by atoms with van der Waals surface area (Å²) in [6.07, 6.45) is 0. The predicted octanol–water partition coefficient (Wildman–Crippen LogP) is 0.366. The van der Waals surface area contributed by atoms with Crippen LogP contribution < -0.4 is 0 Å². The summed E-state index contributed by atoms with van der Waals surface area (Å²) in [5.74, 6) is -0.808. The Balaban J connectivity index is 2.83. The minimum Gasteiger partial charge on any atom is -0.265 e. The van der Waals surface area contributed by atoms with Crippen LogP contribution in [0.2, 0.25) is 0 Å². The number of hydrogen-bond donors (Lipinski definition) is 0. The zero-order valence-electron chi connectivity index (χ0n) is 3.10. The summed E-state index contributed by atoms with van der Waals surface area (Å²) in [4.78, 5) is 12.7. The molecule has 0 saturated carbocycles. The Morgan fingerprint density at radius 1 is 1.83 bits per heavy atom. The van der Waals surface area contributed by atoms with E-state index in [2.05, 4.69) is 9.98 Å². The van der Waals surface area contributed by atoms with Crippen molar-refractivity contribution in [3.8, 4) is 0 Å². The van der Waals surface area contributed by atoms with Gasteiger partial charge in [0.2, 0.25) is 0 Å². The van der Waals surface area contributed by atoms with Gasteiger partial charge in [-0.05, 0) is 4.53 Å². The zero-order chi connectivity index (χ0) is 4.99. The van der Waals surface area contributed by atoms with E-state index < -0.39 is 5.97 Å². The van der Waals surface area contributed by atoms with Crippen LogP contribution in [0.1, 0.15) is 6.92 Å². The van der Waals surface area contributed by atoms with Crippen LogP contribution in [0, 0.1) is 0 Å². The molecule has 0 rings (SSSR count). The maximum Gasteiger partial charge on any atom is 0.342 e. The SMILES string of the molecule is CC(=O)OOF. The minimum absolute atomic E-state index is 0.808. The summed E-state index contributed by atoms with van der Waals surface area (Å²) in [5.41, 5.74) is 0. The molecule has 0 radical (unpaired) electrons. The largest absolute Gasteiger partial charge is 0.342 e. The van der Waals surface area contributed by atoms with Gasteiger partial charge < -0.3 is 0 Å². The van der Waals surface area contributed by atoms with E-state index in [0.717, 1.165) is 6.92 Å². The first-order valence-electron chi connectivity index (χ1n) is 1.23. The van der Waals surface area contributed by atoms with Crippen LogP contribution in [0.5, 0.6) is 0 Å². The molecule has 0 aliphatic rings. The first kappa shape index (κ1) is 5.36. The van der Waals surface area contributed by atoms with Crippen LogP contribution in [0.15, 0.2) is 0 Å². The summed E-state index contributed by atoms with van der Waals surface area (Å²) in [6.45, 7) is 1.03. The van der Waals surface area contributed by atoms with Crippen LogP contribution in [0.25, 0.3) is 0 Å². The van der Waals surface area contributed by atoms with E-state index in [4.69, 9.17) is 0 Å². The zero-order valence-corrected chi connectivity index (χ0v) is 3.10. The molecule has 0 aliphatic carbocycles. The molecule has 0 atom stereocenters. The molecule has 0 aliphatic heterocycles. The smallest absolute Gasteiger partial charge is 0.265 e. The van der Waals surface area contributed by atoms with E-state index >= 15 is 0 Å². The first-order chi connectivity index (χ1) is 2.77. The lowest BCUT2D eigenvalue weighted by molar-refractivity contribution is -0.398. The van der Waals surface area contributed by atoms with Gasteiger partial charge in [0, 0.05) is 12.0 Å². The van der Waals surface area contributed by atoms with Crippen molar-refractivity contribution in [1.29, 1.82) is 0 Å². The Hall–Kier alpha value is -0.640. The number of hydrogen-bond acceptors (Lipinski definition) is 3. The Labute approximate surface area is 33.5 Å². The molecule has 0 spiro atoms. The fourth-order valence-electron chi connectivity index (χ4n) is 0.0444. The van der Waals surface area contributed by atoms with Gasteiger partial charge in [-0.2, -0.15) is 0 Å². The van der Waals surface area contributed by atoms with Gasteiger partial charge in [0.15, 0.2) is 0 Å². The second-order valence-corrected chi connectivity index (χ2v) is 0.638. The third-order valence-electron chi connectivity index (χ3n) is 0.149. The average Bonchev–Trinajstić information content (AvgIpc) is 1.35. The van der Waals surface area contributed by atoms with Crippen molar-refractivity contribution in [1.82, 2.24) is 0 Å². The van der Waals surface area contributed by atoms with Gasteiger partial charge in [0.25, 0.3) is 0 Å². The summed E-state index contributed by atoms with van der Waals surface area (Å²) in [5, 5.41) is 2.45. The van der Waals surface area contributed by atoms with E-state index in [0.29, 0.717) is 0 Å². The predicted molar refractivity (Wildman–Crippen MR) is 14.0 cm³/mol. The molecule has 0 saturated heterocycles. The van der Waals surface area contributed by atoms with Crippen LogP contribution in [-0.4, -0.2) is 5.97 Å². The molecule has 0 aromatic rings. The molecule has 36 valence electrons. The van der Waals surface area contributed by atoms with Crippen molar-refractivity contribution in [2.24, 2.45) is 0 Å². The Bertz CT molecular complexity index is 52.8. The van der Waals surface area contributed by atoms with Crippen molar-refractivity contribution >= 4 is 5.97 Å². The lowest BCUT2D eigenvalue weighted by Gasteiger charge is -1.81. The van der Waals surface area contributed by atoms with E-state index in [9.17, 15) is 9.32 Å². The van der Waals surface area contributed by atoms with Gasteiger partial charge in [-0.1, -0.05) is 0 Å². The molecule has 0 aromatic heterocycles. The van der Waals surface area contributed by atoms with E-state index in [1.54, 1.807) is 0 Å². The summed E-state index contributed by atoms with van der Waals surface area (Å²) >= 11 is 0. The molecular weight excluding hydrogens is 91.0 g/mol.